The molecule has 0 bridgehead atoms. The molecular formula is C34H34Cl3N3O4S. The van der Waals surface area contributed by atoms with E-state index in [9.17, 15) is 18.0 Å². The van der Waals surface area contributed by atoms with E-state index in [2.05, 4.69) is 5.32 Å². The number of carbonyl (C=O) groups is 2. The summed E-state index contributed by atoms with van der Waals surface area (Å²) >= 11 is 19.2. The van der Waals surface area contributed by atoms with Crippen molar-refractivity contribution in [3.05, 3.63) is 129 Å². The number of nitrogens with zero attached hydrogens (tertiary/aromatic N) is 2. The van der Waals surface area contributed by atoms with E-state index in [-0.39, 0.29) is 29.5 Å². The highest BCUT2D eigenvalue weighted by molar-refractivity contribution is 7.92. The first-order valence-electron chi connectivity index (χ1n) is 14.4. The molecule has 0 aliphatic carbocycles. The molecule has 236 valence electrons. The van der Waals surface area contributed by atoms with Crippen LogP contribution in [0.5, 0.6) is 0 Å². The molecule has 0 spiro atoms. The van der Waals surface area contributed by atoms with E-state index in [0.29, 0.717) is 33.6 Å². The summed E-state index contributed by atoms with van der Waals surface area (Å²) in [6, 6.07) is 25.8. The number of aryl methyl sites for hydroxylation is 1. The Hall–Kier alpha value is -3.56. The second-order valence-electron chi connectivity index (χ2n) is 10.5. The maximum atomic E-state index is 14.5. The monoisotopic (exact) mass is 685 g/mol. The Morgan fingerprint density at radius 2 is 1.44 bits per heavy atom. The lowest BCUT2D eigenvalue weighted by Gasteiger charge is -2.34. The highest BCUT2D eigenvalue weighted by Crippen LogP contribution is 2.29. The smallest absolute Gasteiger partial charge is 0.264 e. The molecule has 0 heterocycles. The molecule has 0 saturated carbocycles. The molecule has 1 atom stereocenters. The zero-order valence-corrected chi connectivity index (χ0v) is 28.0. The number of amides is 2. The predicted molar refractivity (Wildman–Crippen MR) is 181 cm³/mol. The predicted octanol–water partition coefficient (Wildman–Crippen LogP) is 7.32. The topological polar surface area (TPSA) is 86.8 Å². The fraction of sp³-hybridized carbons (Fsp3) is 0.235. The Morgan fingerprint density at radius 1 is 0.822 bits per heavy atom. The average Bonchev–Trinajstić information content (AvgIpc) is 3.02. The molecule has 0 fully saturated rings. The Morgan fingerprint density at radius 3 is 2.04 bits per heavy atom. The van der Waals surface area contributed by atoms with Crippen LogP contribution in [0.15, 0.2) is 102 Å². The van der Waals surface area contributed by atoms with Crippen LogP contribution in [-0.4, -0.2) is 44.3 Å². The van der Waals surface area contributed by atoms with Crippen molar-refractivity contribution >= 4 is 62.3 Å². The van der Waals surface area contributed by atoms with E-state index in [1.807, 2.05) is 44.2 Å². The summed E-state index contributed by atoms with van der Waals surface area (Å²) < 4.78 is 29.2. The zero-order chi connectivity index (χ0) is 32.6. The first kappa shape index (κ1) is 34.3. The Kier molecular flexibility index (Phi) is 11.9. The lowest BCUT2D eigenvalue weighted by atomic mass is 10.0. The van der Waals surface area contributed by atoms with Gasteiger partial charge in [0.05, 0.1) is 10.6 Å². The van der Waals surface area contributed by atoms with Crippen LogP contribution in [0.25, 0.3) is 0 Å². The van der Waals surface area contributed by atoms with Gasteiger partial charge in [-0.15, -0.1) is 0 Å². The molecule has 45 heavy (non-hydrogen) atoms. The highest BCUT2D eigenvalue weighted by atomic mass is 35.5. The minimum Gasteiger partial charge on any atom is -0.354 e. The summed E-state index contributed by atoms with van der Waals surface area (Å²) in [6.07, 6.45) is 0.864. The van der Waals surface area contributed by atoms with Gasteiger partial charge in [0.2, 0.25) is 11.8 Å². The number of rotatable bonds is 13. The van der Waals surface area contributed by atoms with Crippen molar-refractivity contribution in [3.8, 4) is 0 Å². The first-order valence-corrected chi connectivity index (χ1v) is 17.0. The van der Waals surface area contributed by atoms with Gasteiger partial charge < -0.3 is 10.2 Å². The quantitative estimate of drug-likeness (QED) is 0.160. The van der Waals surface area contributed by atoms with Crippen LogP contribution < -0.4 is 9.62 Å². The third-order valence-electron chi connectivity index (χ3n) is 7.21. The number of carbonyl (C=O) groups excluding carboxylic acids is 2. The Bertz CT molecular complexity index is 1700. The molecule has 11 heteroatoms. The van der Waals surface area contributed by atoms with Gasteiger partial charge in [0.15, 0.2) is 0 Å². The molecule has 4 aromatic rings. The molecule has 1 N–H and O–H groups in total. The van der Waals surface area contributed by atoms with Crippen LogP contribution in [0.4, 0.5) is 5.69 Å². The van der Waals surface area contributed by atoms with E-state index < -0.39 is 28.5 Å². The van der Waals surface area contributed by atoms with Gasteiger partial charge >= 0.3 is 0 Å². The van der Waals surface area contributed by atoms with Gasteiger partial charge in [-0.05, 0) is 67.4 Å². The van der Waals surface area contributed by atoms with E-state index in [4.69, 9.17) is 34.8 Å². The minimum absolute atomic E-state index is 0.0121. The molecule has 7 nitrogen and oxygen atoms in total. The van der Waals surface area contributed by atoms with E-state index in [0.717, 1.165) is 15.4 Å². The normalized spacial score (nSPS) is 11.9. The Labute approximate surface area is 279 Å². The summed E-state index contributed by atoms with van der Waals surface area (Å²) in [6.45, 7) is 3.45. The van der Waals surface area contributed by atoms with Crippen LogP contribution in [0.3, 0.4) is 0 Å². The first-order chi connectivity index (χ1) is 21.5. The van der Waals surface area contributed by atoms with E-state index in [1.54, 1.807) is 42.5 Å². The van der Waals surface area contributed by atoms with Gasteiger partial charge in [-0.25, -0.2) is 8.42 Å². The molecule has 4 rings (SSSR count). The molecule has 2 amide bonds. The van der Waals surface area contributed by atoms with Crippen molar-refractivity contribution in [2.75, 3.05) is 17.4 Å². The summed E-state index contributed by atoms with van der Waals surface area (Å²) in [7, 11) is -4.23. The van der Waals surface area contributed by atoms with Crippen LogP contribution in [0.2, 0.25) is 15.1 Å². The summed E-state index contributed by atoms with van der Waals surface area (Å²) in [5.74, 6) is -0.999. The molecule has 0 aliphatic heterocycles. The number of benzene rings is 4. The van der Waals surface area contributed by atoms with Crippen LogP contribution in [0, 0.1) is 6.92 Å². The van der Waals surface area contributed by atoms with Gasteiger partial charge in [-0.1, -0.05) is 95.8 Å². The van der Waals surface area contributed by atoms with E-state index in [1.165, 1.54) is 29.2 Å². The third kappa shape index (κ3) is 8.79. The largest absolute Gasteiger partial charge is 0.354 e. The van der Waals surface area contributed by atoms with Crippen molar-refractivity contribution in [2.45, 2.75) is 44.2 Å². The van der Waals surface area contributed by atoms with Crippen molar-refractivity contribution in [1.82, 2.24) is 10.2 Å². The SMILES string of the molecule is CCCNC(=O)[C@@H](Cc1ccccc1)N(Cc1c(Cl)cccc1Cl)C(=O)CN(c1ccc(Cl)cc1)S(=O)(=O)c1ccc(C)cc1. The van der Waals surface area contributed by atoms with Crippen LogP contribution in [-0.2, 0) is 32.6 Å². The number of nitrogens with one attached hydrogen (secondary N) is 1. The Balaban J connectivity index is 1.82. The van der Waals surface area contributed by atoms with Crippen molar-refractivity contribution in [2.24, 2.45) is 0 Å². The summed E-state index contributed by atoms with van der Waals surface area (Å²) in [4.78, 5) is 29.6. The summed E-state index contributed by atoms with van der Waals surface area (Å²) in [5.41, 5.74) is 2.38. The number of anilines is 1. The van der Waals surface area contributed by atoms with Gasteiger partial charge in [0.25, 0.3) is 10.0 Å². The molecular weight excluding hydrogens is 653 g/mol. The average molecular weight is 687 g/mol. The van der Waals surface area contributed by atoms with Gasteiger partial charge in [-0.3, -0.25) is 13.9 Å². The zero-order valence-electron chi connectivity index (χ0n) is 24.9. The second kappa shape index (κ2) is 15.6. The fourth-order valence-corrected chi connectivity index (χ4v) is 6.80. The molecule has 0 radical (unpaired) electrons. The molecule has 0 unspecified atom stereocenters. The lowest BCUT2D eigenvalue weighted by Crippen LogP contribution is -2.53. The van der Waals surface area contributed by atoms with Crippen molar-refractivity contribution in [3.63, 3.8) is 0 Å². The molecule has 0 aliphatic rings. The highest BCUT2D eigenvalue weighted by Gasteiger charge is 2.35. The number of sulfonamides is 1. The third-order valence-corrected chi connectivity index (χ3v) is 9.96. The fourth-order valence-electron chi connectivity index (χ4n) is 4.75. The summed E-state index contributed by atoms with van der Waals surface area (Å²) in [5, 5.41) is 3.94. The number of hydrogen-bond donors (Lipinski definition) is 1. The van der Waals surface area contributed by atoms with E-state index >= 15 is 0 Å². The van der Waals surface area contributed by atoms with Gasteiger partial charge in [-0.2, -0.15) is 0 Å². The maximum absolute atomic E-state index is 14.5. The number of halogens is 3. The molecule has 0 saturated heterocycles. The van der Waals surface area contributed by atoms with Crippen LogP contribution >= 0.6 is 34.8 Å². The van der Waals surface area contributed by atoms with Gasteiger partial charge in [0, 0.05) is 40.1 Å². The minimum atomic E-state index is -4.23. The van der Waals surface area contributed by atoms with Crippen LogP contribution in [0.1, 0.15) is 30.0 Å². The lowest BCUT2D eigenvalue weighted by molar-refractivity contribution is -0.140. The molecule has 0 aromatic heterocycles. The standard InChI is InChI=1S/C34H34Cl3N3O4S/c1-3-20-38-34(42)32(21-25-8-5-4-6-9-25)39(22-29-30(36)10-7-11-31(29)37)33(41)23-40(27-16-14-26(35)15-17-27)45(43,44)28-18-12-24(2)13-19-28/h4-19,32H,3,20-23H2,1-2H3,(H,38,42)/t32-/m1/s1. The van der Waals surface area contributed by atoms with Crippen molar-refractivity contribution < 1.29 is 18.0 Å². The maximum Gasteiger partial charge on any atom is 0.264 e. The molecule has 4 aromatic carbocycles. The number of hydrogen-bond acceptors (Lipinski definition) is 4. The van der Waals surface area contributed by atoms with Gasteiger partial charge in [0.1, 0.15) is 12.6 Å². The second-order valence-corrected chi connectivity index (χ2v) is 13.6. The van der Waals surface area contributed by atoms with Crippen molar-refractivity contribution in [1.29, 1.82) is 0 Å².